The van der Waals surface area contributed by atoms with Crippen LogP contribution in [0.15, 0.2) is 24.3 Å². The van der Waals surface area contributed by atoms with Gasteiger partial charge in [-0.3, -0.25) is 0 Å². The molecule has 2 nitrogen and oxygen atoms in total. The van der Waals surface area contributed by atoms with Crippen molar-refractivity contribution in [3.63, 3.8) is 0 Å². The minimum atomic E-state index is 0.477. The van der Waals surface area contributed by atoms with Crippen molar-refractivity contribution in [2.75, 3.05) is 13.7 Å². The molecule has 14 heavy (non-hydrogen) atoms. The van der Waals surface area contributed by atoms with Gasteiger partial charge in [-0.05, 0) is 36.2 Å². The molecule has 1 aliphatic carbocycles. The van der Waals surface area contributed by atoms with Gasteiger partial charge in [0.2, 0.25) is 0 Å². The van der Waals surface area contributed by atoms with E-state index in [1.165, 1.54) is 11.1 Å². The lowest BCUT2D eigenvalue weighted by Crippen LogP contribution is -2.04. The van der Waals surface area contributed by atoms with Crippen LogP contribution in [0.5, 0.6) is 5.75 Å². The van der Waals surface area contributed by atoms with Gasteiger partial charge in [0.15, 0.2) is 0 Å². The largest absolute Gasteiger partial charge is 0.497 e. The molecule has 0 aromatic heterocycles. The summed E-state index contributed by atoms with van der Waals surface area (Å²) >= 11 is 0. The number of benzene rings is 1. The SMILES string of the molecule is COc1ccc2c(c1)C(CCN)C=C2. The first kappa shape index (κ1) is 9.28. The van der Waals surface area contributed by atoms with Crippen molar-refractivity contribution in [1.82, 2.24) is 0 Å². The molecule has 2 rings (SSSR count). The second-order valence-electron chi connectivity index (χ2n) is 3.54. The highest BCUT2D eigenvalue weighted by molar-refractivity contribution is 5.63. The highest BCUT2D eigenvalue weighted by atomic mass is 16.5. The van der Waals surface area contributed by atoms with E-state index in [4.69, 9.17) is 10.5 Å². The van der Waals surface area contributed by atoms with Crippen molar-refractivity contribution in [2.45, 2.75) is 12.3 Å². The topological polar surface area (TPSA) is 35.2 Å². The summed E-state index contributed by atoms with van der Waals surface area (Å²) in [5, 5.41) is 0. The predicted octanol–water partition coefficient (Wildman–Crippen LogP) is 2.15. The Bertz CT molecular complexity index is 357. The van der Waals surface area contributed by atoms with Crippen LogP contribution in [0.3, 0.4) is 0 Å². The number of allylic oxidation sites excluding steroid dienone is 1. The number of fused-ring (bicyclic) bond motifs is 1. The first-order valence-corrected chi connectivity index (χ1v) is 4.91. The van der Waals surface area contributed by atoms with Gasteiger partial charge in [-0.1, -0.05) is 18.2 Å². The van der Waals surface area contributed by atoms with Crippen LogP contribution in [0, 0.1) is 0 Å². The van der Waals surface area contributed by atoms with Gasteiger partial charge in [0.05, 0.1) is 7.11 Å². The Morgan fingerprint density at radius 1 is 1.43 bits per heavy atom. The Kier molecular flexibility index (Phi) is 2.55. The molecule has 1 atom stereocenters. The molecule has 1 aromatic rings. The Morgan fingerprint density at radius 2 is 2.29 bits per heavy atom. The van der Waals surface area contributed by atoms with E-state index in [1.54, 1.807) is 7.11 Å². The average molecular weight is 189 g/mol. The molecular weight excluding hydrogens is 174 g/mol. The lowest BCUT2D eigenvalue weighted by molar-refractivity contribution is 0.414. The van der Waals surface area contributed by atoms with Gasteiger partial charge in [0.1, 0.15) is 5.75 Å². The first-order chi connectivity index (χ1) is 6.85. The molecule has 0 fully saturated rings. The zero-order valence-corrected chi connectivity index (χ0v) is 8.36. The summed E-state index contributed by atoms with van der Waals surface area (Å²) in [5.41, 5.74) is 8.21. The smallest absolute Gasteiger partial charge is 0.119 e. The molecule has 0 heterocycles. The fourth-order valence-corrected chi connectivity index (χ4v) is 1.91. The quantitative estimate of drug-likeness (QED) is 0.790. The summed E-state index contributed by atoms with van der Waals surface area (Å²) in [4.78, 5) is 0. The first-order valence-electron chi connectivity index (χ1n) is 4.91. The lowest BCUT2D eigenvalue weighted by atomic mass is 9.97. The zero-order valence-electron chi connectivity index (χ0n) is 8.36. The number of methoxy groups -OCH3 is 1. The van der Waals surface area contributed by atoms with Crippen LogP contribution in [0.25, 0.3) is 6.08 Å². The minimum Gasteiger partial charge on any atom is -0.497 e. The number of hydrogen-bond acceptors (Lipinski definition) is 2. The molecule has 0 amide bonds. The zero-order chi connectivity index (χ0) is 9.97. The highest BCUT2D eigenvalue weighted by Gasteiger charge is 2.16. The maximum Gasteiger partial charge on any atom is 0.119 e. The van der Waals surface area contributed by atoms with Gasteiger partial charge >= 0.3 is 0 Å². The van der Waals surface area contributed by atoms with E-state index in [1.807, 2.05) is 6.07 Å². The monoisotopic (exact) mass is 189 g/mol. The molecule has 2 N–H and O–H groups in total. The van der Waals surface area contributed by atoms with Crippen LogP contribution in [0.2, 0.25) is 0 Å². The van der Waals surface area contributed by atoms with Crippen molar-refractivity contribution in [1.29, 1.82) is 0 Å². The molecule has 0 saturated carbocycles. The van der Waals surface area contributed by atoms with E-state index >= 15 is 0 Å². The number of nitrogens with two attached hydrogens (primary N) is 1. The molecular formula is C12H15NO. The van der Waals surface area contributed by atoms with Gasteiger partial charge in [0.25, 0.3) is 0 Å². The van der Waals surface area contributed by atoms with Crippen LogP contribution in [-0.2, 0) is 0 Å². The summed E-state index contributed by atoms with van der Waals surface area (Å²) in [6.07, 6.45) is 5.39. The Labute approximate surface area is 84.4 Å². The molecule has 1 aliphatic rings. The standard InChI is InChI=1S/C12H15NO/c1-14-11-5-4-9-2-3-10(6-7-13)12(9)8-11/h2-5,8,10H,6-7,13H2,1H3. The summed E-state index contributed by atoms with van der Waals surface area (Å²) < 4.78 is 5.21. The normalized spacial score (nSPS) is 18.3. The molecule has 0 saturated heterocycles. The van der Waals surface area contributed by atoms with Gasteiger partial charge < -0.3 is 10.5 Å². The van der Waals surface area contributed by atoms with E-state index < -0.39 is 0 Å². The minimum absolute atomic E-state index is 0.477. The molecule has 74 valence electrons. The van der Waals surface area contributed by atoms with Gasteiger partial charge in [-0.15, -0.1) is 0 Å². The van der Waals surface area contributed by atoms with E-state index in [0.29, 0.717) is 5.92 Å². The Hall–Kier alpha value is -1.28. The number of rotatable bonds is 3. The van der Waals surface area contributed by atoms with Crippen molar-refractivity contribution in [3.8, 4) is 5.75 Å². The number of hydrogen-bond donors (Lipinski definition) is 1. The highest BCUT2D eigenvalue weighted by Crippen LogP contribution is 2.34. The van der Waals surface area contributed by atoms with E-state index in [2.05, 4.69) is 24.3 Å². The van der Waals surface area contributed by atoms with E-state index in [0.717, 1.165) is 18.7 Å². The predicted molar refractivity (Wildman–Crippen MR) is 58.4 cm³/mol. The Balaban J connectivity index is 2.31. The third kappa shape index (κ3) is 1.53. The maximum atomic E-state index is 5.57. The molecule has 2 heteroatoms. The molecule has 0 aliphatic heterocycles. The lowest BCUT2D eigenvalue weighted by Gasteiger charge is -2.10. The second-order valence-corrected chi connectivity index (χ2v) is 3.54. The van der Waals surface area contributed by atoms with Crippen molar-refractivity contribution >= 4 is 6.08 Å². The summed E-state index contributed by atoms with van der Waals surface area (Å²) in [6, 6.07) is 6.20. The van der Waals surface area contributed by atoms with Gasteiger partial charge in [0, 0.05) is 5.92 Å². The third-order valence-electron chi connectivity index (χ3n) is 2.68. The molecule has 1 unspecified atom stereocenters. The van der Waals surface area contributed by atoms with Crippen LogP contribution in [0.1, 0.15) is 23.5 Å². The van der Waals surface area contributed by atoms with Gasteiger partial charge in [-0.2, -0.15) is 0 Å². The summed E-state index contributed by atoms with van der Waals surface area (Å²) in [5.74, 6) is 1.40. The average Bonchev–Trinajstić information content (AvgIpc) is 2.61. The van der Waals surface area contributed by atoms with E-state index in [9.17, 15) is 0 Å². The van der Waals surface area contributed by atoms with Crippen LogP contribution < -0.4 is 10.5 Å². The van der Waals surface area contributed by atoms with Crippen LogP contribution in [0.4, 0.5) is 0 Å². The molecule has 0 spiro atoms. The van der Waals surface area contributed by atoms with Crippen molar-refractivity contribution in [2.24, 2.45) is 5.73 Å². The third-order valence-corrected chi connectivity index (χ3v) is 2.68. The van der Waals surface area contributed by atoms with E-state index in [-0.39, 0.29) is 0 Å². The van der Waals surface area contributed by atoms with Crippen LogP contribution >= 0.6 is 0 Å². The second kappa shape index (κ2) is 3.84. The maximum absolute atomic E-state index is 5.57. The molecule has 1 aromatic carbocycles. The van der Waals surface area contributed by atoms with Gasteiger partial charge in [-0.25, -0.2) is 0 Å². The fourth-order valence-electron chi connectivity index (χ4n) is 1.91. The molecule has 0 radical (unpaired) electrons. The van der Waals surface area contributed by atoms with Crippen molar-refractivity contribution in [3.05, 3.63) is 35.4 Å². The molecule has 0 bridgehead atoms. The fraction of sp³-hybridized carbons (Fsp3) is 0.333. The number of ether oxygens (including phenoxy) is 1. The Morgan fingerprint density at radius 3 is 3.00 bits per heavy atom. The summed E-state index contributed by atoms with van der Waals surface area (Å²) in [7, 11) is 1.70. The van der Waals surface area contributed by atoms with Crippen LogP contribution in [-0.4, -0.2) is 13.7 Å². The van der Waals surface area contributed by atoms with Crippen molar-refractivity contribution < 1.29 is 4.74 Å². The summed E-state index contributed by atoms with van der Waals surface area (Å²) in [6.45, 7) is 0.728.